The SMILES string of the molecule is CCN(CC)C(=O)C(C)(C)c1ccc2[nH]c(-c3cc(C)cc(C)c3)c(CCNC(=NCCc3cccs3)NC#N)c2c1. The summed E-state index contributed by atoms with van der Waals surface area (Å²) in [6, 6.07) is 17.1. The van der Waals surface area contributed by atoms with E-state index in [1.165, 1.54) is 21.6 Å². The summed E-state index contributed by atoms with van der Waals surface area (Å²) in [5.41, 5.74) is 7.17. The van der Waals surface area contributed by atoms with Crippen LogP contribution in [0.2, 0.25) is 0 Å². The number of guanidine groups is 1. The molecular formula is C34H42N6OS. The summed E-state index contributed by atoms with van der Waals surface area (Å²) in [5, 5.41) is 18.5. The fraction of sp³-hybridized carbons (Fsp3) is 0.382. The van der Waals surface area contributed by atoms with Crippen molar-refractivity contribution in [2.24, 2.45) is 4.99 Å². The van der Waals surface area contributed by atoms with Crippen LogP contribution in [0.5, 0.6) is 0 Å². The minimum absolute atomic E-state index is 0.131. The van der Waals surface area contributed by atoms with E-state index in [0.29, 0.717) is 38.6 Å². The lowest BCUT2D eigenvalue weighted by molar-refractivity contribution is -0.135. The van der Waals surface area contributed by atoms with Gasteiger partial charge in [0.2, 0.25) is 11.9 Å². The lowest BCUT2D eigenvalue weighted by atomic mass is 9.82. The van der Waals surface area contributed by atoms with Crippen LogP contribution in [-0.2, 0) is 23.1 Å². The smallest absolute Gasteiger partial charge is 0.232 e. The zero-order valence-corrected chi connectivity index (χ0v) is 26.4. The number of thiophene rings is 1. The van der Waals surface area contributed by atoms with Crippen LogP contribution in [0.15, 0.2) is 58.9 Å². The van der Waals surface area contributed by atoms with E-state index in [2.05, 4.69) is 82.3 Å². The van der Waals surface area contributed by atoms with E-state index in [1.54, 1.807) is 11.3 Å². The Morgan fingerprint density at radius 1 is 1.07 bits per heavy atom. The molecule has 2 heterocycles. The highest BCUT2D eigenvalue weighted by atomic mass is 32.1. The number of aromatic nitrogens is 1. The van der Waals surface area contributed by atoms with Crippen molar-refractivity contribution in [1.29, 1.82) is 5.26 Å². The predicted molar refractivity (Wildman–Crippen MR) is 175 cm³/mol. The van der Waals surface area contributed by atoms with Crippen LogP contribution >= 0.6 is 11.3 Å². The van der Waals surface area contributed by atoms with Gasteiger partial charge in [-0.3, -0.25) is 15.1 Å². The summed E-state index contributed by atoms with van der Waals surface area (Å²) in [4.78, 5) is 24.9. The molecule has 0 aliphatic rings. The van der Waals surface area contributed by atoms with Gasteiger partial charge in [-0.15, -0.1) is 11.3 Å². The number of likely N-dealkylation sites (N-methyl/N-ethyl adjacent to an activating group) is 1. The minimum Gasteiger partial charge on any atom is -0.355 e. The number of aliphatic imine (C=N–C) groups is 1. The first-order valence-electron chi connectivity index (χ1n) is 14.7. The van der Waals surface area contributed by atoms with E-state index in [1.807, 2.05) is 44.9 Å². The van der Waals surface area contributed by atoms with Crippen molar-refractivity contribution in [3.8, 4) is 17.5 Å². The topological polar surface area (TPSA) is 96.3 Å². The second kappa shape index (κ2) is 13.7. The van der Waals surface area contributed by atoms with Gasteiger partial charge in [-0.05, 0) is 100 Å². The maximum Gasteiger partial charge on any atom is 0.232 e. The zero-order valence-electron chi connectivity index (χ0n) is 25.6. The van der Waals surface area contributed by atoms with Crippen molar-refractivity contribution in [3.63, 3.8) is 0 Å². The number of hydrogen-bond acceptors (Lipinski definition) is 4. The monoisotopic (exact) mass is 582 g/mol. The van der Waals surface area contributed by atoms with Gasteiger partial charge in [0, 0.05) is 54.1 Å². The fourth-order valence-electron chi connectivity index (χ4n) is 5.52. The lowest BCUT2D eigenvalue weighted by Crippen LogP contribution is -2.43. The molecule has 2 aromatic heterocycles. The van der Waals surface area contributed by atoms with Gasteiger partial charge >= 0.3 is 0 Å². The third-order valence-electron chi connectivity index (χ3n) is 7.77. The maximum atomic E-state index is 13.5. The molecule has 0 fully saturated rings. The number of benzene rings is 2. The number of nitriles is 1. The highest BCUT2D eigenvalue weighted by Gasteiger charge is 2.33. The molecule has 8 heteroatoms. The van der Waals surface area contributed by atoms with Gasteiger partial charge in [-0.25, -0.2) is 0 Å². The summed E-state index contributed by atoms with van der Waals surface area (Å²) >= 11 is 1.71. The highest BCUT2D eigenvalue weighted by molar-refractivity contribution is 7.09. The maximum absolute atomic E-state index is 13.5. The number of hydrogen-bond donors (Lipinski definition) is 3. The Labute approximate surface area is 253 Å². The molecule has 220 valence electrons. The second-order valence-corrected chi connectivity index (χ2v) is 12.2. The van der Waals surface area contributed by atoms with E-state index < -0.39 is 5.41 Å². The Balaban J connectivity index is 1.68. The van der Waals surface area contributed by atoms with Crippen LogP contribution < -0.4 is 10.6 Å². The molecule has 0 radical (unpaired) electrons. The van der Waals surface area contributed by atoms with Crippen molar-refractivity contribution in [3.05, 3.63) is 81.0 Å². The Morgan fingerprint density at radius 3 is 2.45 bits per heavy atom. The molecular weight excluding hydrogens is 540 g/mol. The number of aromatic amines is 1. The number of aryl methyl sites for hydroxylation is 2. The number of carbonyl (C=O) groups excluding carboxylic acids is 1. The number of nitrogens with one attached hydrogen (secondary N) is 3. The minimum atomic E-state index is -0.661. The van der Waals surface area contributed by atoms with Crippen LogP contribution in [0.1, 0.15) is 54.8 Å². The van der Waals surface area contributed by atoms with Gasteiger partial charge in [0.15, 0.2) is 6.19 Å². The van der Waals surface area contributed by atoms with Crippen molar-refractivity contribution in [2.75, 3.05) is 26.2 Å². The van der Waals surface area contributed by atoms with Gasteiger partial charge < -0.3 is 15.2 Å². The molecule has 4 rings (SSSR count). The van der Waals surface area contributed by atoms with Gasteiger partial charge in [-0.2, -0.15) is 5.26 Å². The molecule has 0 aliphatic carbocycles. The van der Waals surface area contributed by atoms with Crippen LogP contribution in [-0.4, -0.2) is 47.9 Å². The molecule has 0 bridgehead atoms. The molecule has 42 heavy (non-hydrogen) atoms. The molecule has 0 unspecified atom stereocenters. The Morgan fingerprint density at radius 2 is 1.81 bits per heavy atom. The predicted octanol–water partition coefficient (Wildman–Crippen LogP) is 6.46. The normalized spacial score (nSPS) is 11.9. The van der Waals surface area contributed by atoms with Crippen LogP contribution in [0.25, 0.3) is 22.2 Å². The number of amides is 1. The Bertz CT molecular complexity index is 1570. The van der Waals surface area contributed by atoms with Gasteiger partial charge in [-0.1, -0.05) is 29.3 Å². The standard InChI is InChI=1S/C34H42N6OS/c1-7-40(8-2)32(41)34(5,6)26-11-12-30-29(21-26)28(31(39-30)25-19-23(3)18-24(4)20-25)14-16-37-33(38-22-35)36-15-13-27-10-9-17-42-27/h9-12,17-21,39H,7-8,13-16H2,1-6H3,(H2,36,37,38). The van der Waals surface area contributed by atoms with Gasteiger partial charge in [0.25, 0.3) is 0 Å². The lowest BCUT2D eigenvalue weighted by Gasteiger charge is -2.31. The fourth-order valence-corrected chi connectivity index (χ4v) is 6.22. The number of carbonyl (C=O) groups is 1. The van der Waals surface area contributed by atoms with Gasteiger partial charge in [0.05, 0.1) is 5.41 Å². The molecule has 0 atom stereocenters. The van der Waals surface area contributed by atoms with Crippen molar-refractivity contribution >= 4 is 34.1 Å². The molecule has 0 aliphatic heterocycles. The first kappa shape index (κ1) is 30.9. The summed E-state index contributed by atoms with van der Waals surface area (Å²) < 4.78 is 0. The van der Waals surface area contributed by atoms with Gasteiger partial charge in [0.1, 0.15) is 0 Å². The molecule has 0 spiro atoms. The number of H-pyrrole nitrogens is 1. The summed E-state index contributed by atoms with van der Waals surface area (Å²) in [6.07, 6.45) is 3.54. The van der Waals surface area contributed by atoms with Crippen LogP contribution in [0.4, 0.5) is 0 Å². The Kier molecular flexibility index (Phi) is 10.1. The summed E-state index contributed by atoms with van der Waals surface area (Å²) in [5.74, 6) is 0.611. The molecule has 0 saturated heterocycles. The molecule has 0 saturated carbocycles. The second-order valence-electron chi connectivity index (χ2n) is 11.2. The highest BCUT2D eigenvalue weighted by Crippen LogP contribution is 2.35. The van der Waals surface area contributed by atoms with E-state index in [-0.39, 0.29) is 5.91 Å². The average Bonchev–Trinajstić information content (AvgIpc) is 3.61. The molecule has 3 N–H and O–H groups in total. The molecule has 1 amide bonds. The van der Waals surface area contributed by atoms with E-state index in [9.17, 15) is 10.1 Å². The van der Waals surface area contributed by atoms with Crippen molar-refractivity contribution in [2.45, 2.75) is 59.8 Å². The molecule has 2 aromatic carbocycles. The largest absolute Gasteiger partial charge is 0.355 e. The van der Waals surface area contributed by atoms with E-state index >= 15 is 0 Å². The number of fused-ring (bicyclic) bond motifs is 1. The van der Waals surface area contributed by atoms with Crippen molar-refractivity contribution in [1.82, 2.24) is 20.5 Å². The number of rotatable bonds is 11. The number of nitrogens with zero attached hydrogens (tertiary/aromatic N) is 3. The van der Waals surface area contributed by atoms with Crippen LogP contribution in [0, 0.1) is 25.3 Å². The van der Waals surface area contributed by atoms with E-state index in [0.717, 1.165) is 34.1 Å². The Hall–Kier alpha value is -4.09. The third-order valence-corrected chi connectivity index (χ3v) is 8.71. The summed E-state index contributed by atoms with van der Waals surface area (Å²) in [7, 11) is 0. The quantitative estimate of drug-likeness (QED) is 0.0818. The third kappa shape index (κ3) is 7.03. The van der Waals surface area contributed by atoms with Crippen LogP contribution in [0.3, 0.4) is 0 Å². The average molecular weight is 583 g/mol. The first-order valence-corrected chi connectivity index (χ1v) is 15.5. The van der Waals surface area contributed by atoms with Crippen molar-refractivity contribution < 1.29 is 4.79 Å². The van der Waals surface area contributed by atoms with E-state index in [4.69, 9.17) is 0 Å². The summed E-state index contributed by atoms with van der Waals surface area (Å²) in [6.45, 7) is 14.9. The molecule has 7 nitrogen and oxygen atoms in total. The molecule has 4 aromatic rings. The zero-order chi connectivity index (χ0) is 30.3. The first-order chi connectivity index (χ1) is 20.2.